The molecule has 1 saturated carbocycles. The number of rotatable bonds is 10. The van der Waals surface area contributed by atoms with E-state index >= 15 is 0 Å². The van der Waals surface area contributed by atoms with Gasteiger partial charge in [0.05, 0.1) is 11.5 Å². The average molecular weight is 550 g/mol. The van der Waals surface area contributed by atoms with Crippen LogP contribution < -0.4 is 14.8 Å². The summed E-state index contributed by atoms with van der Waals surface area (Å²) in [6, 6.07) is 9.54. The van der Waals surface area contributed by atoms with E-state index in [9.17, 15) is 14.3 Å². The third kappa shape index (κ3) is 4.92. The van der Waals surface area contributed by atoms with Crippen LogP contribution in [-0.2, 0) is 10.2 Å². The van der Waals surface area contributed by atoms with Crippen molar-refractivity contribution in [1.82, 2.24) is 9.88 Å². The molecule has 1 fully saturated rings. The summed E-state index contributed by atoms with van der Waals surface area (Å²) < 4.78 is 24.6. The number of hydrogen-bond donors (Lipinski definition) is 3. The Bertz CT molecular complexity index is 1270. The van der Waals surface area contributed by atoms with Gasteiger partial charge in [0.15, 0.2) is 16.6 Å². The van der Waals surface area contributed by atoms with Crippen LogP contribution >= 0.6 is 35.6 Å². The van der Waals surface area contributed by atoms with Crippen molar-refractivity contribution < 1.29 is 23.8 Å². The molecule has 2 heterocycles. The van der Waals surface area contributed by atoms with Crippen molar-refractivity contribution in [3.05, 3.63) is 69.4 Å². The summed E-state index contributed by atoms with van der Waals surface area (Å²) in [5.41, 5.74) is 0.970. The Morgan fingerprint density at radius 2 is 2.08 bits per heavy atom. The van der Waals surface area contributed by atoms with Crippen LogP contribution in [0.15, 0.2) is 42.6 Å². The maximum Gasteiger partial charge on any atom is 0.236 e. The number of aromatic nitrogens is 1. The van der Waals surface area contributed by atoms with Gasteiger partial charge in [-0.2, -0.15) is 12.6 Å². The lowest BCUT2D eigenvalue weighted by molar-refractivity contribution is -0.118. The molecule has 0 saturated heterocycles. The topological polar surface area (TPSA) is 83.9 Å². The van der Waals surface area contributed by atoms with Gasteiger partial charge in [0.25, 0.3) is 0 Å². The Morgan fingerprint density at radius 3 is 2.81 bits per heavy atom. The number of nitrogens with zero attached hydrogens (tertiary/aromatic N) is 2. The van der Waals surface area contributed by atoms with Crippen molar-refractivity contribution in [2.24, 2.45) is 0 Å². The number of halogens is 2. The third-order valence-electron chi connectivity index (χ3n) is 6.53. The van der Waals surface area contributed by atoms with Gasteiger partial charge in [-0.3, -0.25) is 9.69 Å². The Kier molecular flexibility index (Phi) is 7.41. The van der Waals surface area contributed by atoms with Crippen molar-refractivity contribution in [3.63, 3.8) is 0 Å². The summed E-state index contributed by atoms with van der Waals surface area (Å²) in [7, 11) is 0. The number of hydrogen-bond acceptors (Lipinski definition) is 8. The zero-order valence-corrected chi connectivity index (χ0v) is 21.7. The molecule has 5 rings (SSSR count). The average Bonchev–Trinajstić information content (AvgIpc) is 3.33. The van der Waals surface area contributed by atoms with Crippen LogP contribution in [0.3, 0.4) is 0 Å². The zero-order valence-electron chi connectivity index (χ0n) is 19.2. The lowest BCUT2D eigenvalue weighted by Crippen LogP contribution is -2.30. The van der Waals surface area contributed by atoms with Crippen molar-refractivity contribution in [2.75, 3.05) is 31.1 Å². The Morgan fingerprint density at radius 1 is 1.28 bits per heavy atom. The first-order chi connectivity index (χ1) is 17.4. The van der Waals surface area contributed by atoms with Crippen molar-refractivity contribution >= 4 is 46.6 Å². The highest BCUT2D eigenvalue weighted by Crippen LogP contribution is 2.51. The lowest BCUT2D eigenvalue weighted by atomic mass is 9.94. The number of nitrogens with one attached hydrogen (secondary N) is 1. The second-order valence-electron chi connectivity index (χ2n) is 8.77. The summed E-state index contributed by atoms with van der Waals surface area (Å²) >= 11 is 12.2. The molecule has 11 heteroatoms. The molecule has 0 bridgehead atoms. The van der Waals surface area contributed by atoms with E-state index in [1.54, 1.807) is 12.3 Å². The van der Waals surface area contributed by atoms with Crippen molar-refractivity contribution in [2.45, 2.75) is 30.7 Å². The first-order valence-corrected chi connectivity index (χ1v) is 13.4. The molecule has 1 amide bonds. The fourth-order valence-corrected chi connectivity index (χ4v) is 6.00. The number of thiazole rings is 1. The SMILES string of the molecule is O=C(Nc1ncc(C(c2ccc(F)cc2Cl)N(CS)CCCO)s1)C1(c2ccc3c(c2)OCO3)CC1. The first-order valence-electron chi connectivity index (χ1n) is 11.5. The minimum absolute atomic E-state index is 0.0279. The Hall–Kier alpha value is -2.37. The Balaban J connectivity index is 1.39. The van der Waals surface area contributed by atoms with E-state index < -0.39 is 11.2 Å². The second-order valence-corrected chi connectivity index (χ2v) is 10.5. The van der Waals surface area contributed by atoms with Crippen LogP contribution in [-0.4, -0.2) is 46.7 Å². The van der Waals surface area contributed by atoms with E-state index in [0.717, 1.165) is 23.3 Å². The molecule has 190 valence electrons. The number of fused-ring (bicyclic) bond motifs is 1. The fraction of sp³-hybridized carbons (Fsp3) is 0.360. The molecule has 0 spiro atoms. The van der Waals surface area contributed by atoms with Crippen LogP contribution in [0.25, 0.3) is 0 Å². The third-order valence-corrected chi connectivity index (χ3v) is 8.19. The quantitative estimate of drug-likeness (QED) is 0.244. The maximum atomic E-state index is 13.8. The van der Waals surface area contributed by atoms with Gasteiger partial charge in [0, 0.05) is 35.1 Å². The number of amides is 1. The van der Waals surface area contributed by atoms with Gasteiger partial charge in [-0.25, -0.2) is 9.37 Å². The minimum atomic E-state index is -0.620. The van der Waals surface area contributed by atoms with Gasteiger partial charge < -0.3 is 19.9 Å². The monoisotopic (exact) mass is 549 g/mol. The van der Waals surface area contributed by atoms with Crippen molar-refractivity contribution in [1.29, 1.82) is 0 Å². The number of anilines is 1. The van der Waals surface area contributed by atoms with Gasteiger partial charge in [-0.15, -0.1) is 0 Å². The molecule has 36 heavy (non-hydrogen) atoms. The summed E-state index contributed by atoms with van der Waals surface area (Å²) in [4.78, 5) is 20.6. The molecule has 2 aromatic carbocycles. The largest absolute Gasteiger partial charge is 0.454 e. The van der Waals surface area contributed by atoms with Crippen molar-refractivity contribution in [3.8, 4) is 11.5 Å². The van der Waals surface area contributed by atoms with E-state index in [-0.39, 0.29) is 30.4 Å². The highest BCUT2D eigenvalue weighted by Gasteiger charge is 2.52. The van der Waals surface area contributed by atoms with E-state index in [1.807, 2.05) is 23.1 Å². The zero-order chi connectivity index (χ0) is 25.3. The van der Waals surface area contributed by atoms with Crippen LogP contribution in [0.4, 0.5) is 9.52 Å². The van der Waals surface area contributed by atoms with E-state index in [2.05, 4.69) is 22.9 Å². The van der Waals surface area contributed by atoms with E-state index in [1.165, 1.54) is 23.5 Å². The summed E-state index contributed by atoms with van der Waals surface area (Å²) in [5, 5.41) is 13.1. The van der Waals surface area contributed by atoms with Gasteiger partial charge in [-0.1, -0.05) is 35.1 Å². The normalized spacial score (nSPS) is 16.2. The molecular formula is C25H25ClFN3O4S2. The van der Waals surface area contributed by atoms with Gasteiger partial charge in [0.2, 0.25) is 12.7 Å². The summed E-state index contributed by atoms with van der Waals surface area (Å²) in [6.07, 6.45) is 3.70. The second kappa shape index (κ2) is 10.5. The number of ether oxygens (including phenoxy) is 2. The highest BCUT2D eigenvalue weighted by atomic mass is 35.5. The molecule has 1 aliphatic carbocycles. The molecule has 0 radical (unpaired) electrons. The Labute approximate surface area is 222 Å². The smallest absolute Gasteiger partial charge is 0.236 e. The predicted octanol–water partition coefficient (Wildman–Crippen LogP) is 5.00. The van der Waals surface area contributed by atoms with Crippen LogP contribution in [0.1, 0.15) is 41.3 Å². The maximum absolute atomic E-state index is 13.8. The number of thiol groups is 1. The van der Waals surface area contributed by atoms with Crippen LogP contribution in [0.5, 0.6) is 11.5 Å². The molecule has 1 aliphatic heterocycles. The molecule has 3 aromatic rings. The number of aliphatic hydroxyl groups is 1. The molecule has 1 unspecified atom stereocenters. The number of carbonyl (C=O) groups is 1. The predicted molar refractivity (Wildman–Crippen MR) is 140 cm³/mol. The highest BCUT2D eigenvalue weighted by molar-refractivity contribution is 7.80. The van der Waals surface area contributed by atoms with E-state index in [0.29, 0.717) is 41.0 Å². The molecular weight excluding hydrogens is 525 g/mol. The fourth-order valence-electron chi connectivity index (χ4n) is 4.46. The summed E-state index contributed by atoms with van der Waals surface area (Å²) in [5.74, 6) is 1.16. The minimum Gasteiger partial charge on any atom is -0.454 e. The molecule has 1 atom stereocenters. The molecule has 2 N–H and O–H groups in total. The number of carbonyl (C=O) groups excluding carboxylic acids is 1. The number of benzene rings is 2. The number of aliphatic hydroxyl groups excluding tert-OH is 1. The standard InChI is InChI=1S/C25H25ClFN3O4S2/c26-18-11-16(27)3-4-17(18)22(30(13-35)8-1-9-31)21-12-28-24(36-21)29-23(32)25(6-7-25)15-2-5-19-20(10-15)34-14-33-19/h2-5,10-12,22,31,35H,1,6-9,13-14H2,(H,28,29,32). The first kappa shape index (κ1) is 25.3. The molecule has 1 aromatic heterocycles. The summed E-state index contributed by atoms with van der Waals surface area (Å²) in [6.45, 7) is 0.756. The molecule has 7 nitrogen and oxygen atoms in total. The van der Waals surface area contributed by atoms with Crippen LogP contribution in [0, 0.1) is 5.82 Å². The van der Waals surface area contributed by atoms with Gasteiger partial charge in [-0.05, 0) is 54.7 Å². The van der Waals surface area contributed by atoms with E-state index in [4.69, 9.17) is 21.1 Å². The van der Waals surface area contributed by atoms with Gasteiger partial charge in [0.1, 0.15) is 5.82 Å². The van der Waals surface area contributed by atoms with Gasteiger partial charge >= 0.3 is 0 Å². The lowest BCUT2D eigenvalue weighted by Gasteiger charge is -2.30. The van der Waals surface area contributed by atoms with Crippen LogP contribution in [0.2, 0.25) is 5.02 Å². The molecule has 2 aliphatic rings.